The zero-order valence-corrected chi connectivity index (χ0v) is 18.1. The molecule has 0 unspecified atom stereocenters. The van der Waals surface area contributed by atoms with Gasteiger partial charge in [-0.05, 0) is 58.7 Å². The van der Waals surface area contributed by atoms with Crippen molar-refractivity contribution in [1.29, 1.82) is 0 Å². The van der Waals surface area contributed by atoms with Crippen LogP contribution in [0.15, 0.2) is 51.7 Å². The molecule has 0 spiro atoms. The molecule has 29 heavy (non-hydrogen) atoms. The van der Waals surface area contributed by atoms with E-state index in [9.17, 15) is 9.59 Å². The van der Waals surface area contributed by atoms with Gasteiger partial charge in [0.2, 0.25) is 0 Å². The minimum atomic E-state index is -0.328. The Kier molecular flexibility index (Phi) is 5.68. The molecule has 150 valence electrons. The molecule has 0 aromatic carbocycles. The number of halogens is 1. The second kappa shape index (κ2) is 8.38. The lowest BCUT2D eigenvalue weighted by molar-refractivity contribution is 0.0750. The number of piperazine rings is 1. The Morgan fingerprint density at radius 1 is 1.21 bits per heavy atom. The van der Waals surface area contributed by atoms with Gasteiger partial charge in [0.1, 0.15) is 5.82 Å². The number of aromatic nitrogens is 1. The first-order valence-electron chi connectivity index (χ1n) is 9.12. The fraction of sp³-hybridized carbons (Fsp3) is 0.250. The van der Waals surface area contributed by atoms with Crippen LogP contribution in [0.2, 0.25) is 0 Å². The molecule has 1 saturated heterocycles. The molecule has 4 rings (SSSR count). The van der Waals surface area contributed by atoms with Crippen molar-refractivity contribution in [2.75, 3.05) is 36.4 Å². The van der Waals surface area contributed by atoms with E-state index < -0.39 is 0 Å². The summed E-state index contributed by atoms with van der Waals surface area (Å²) in [5.41, 5.74) is 0.853. The van der Waals surface area contributed by atoms with Gasteiger partial charge < -0.3 is 19.5 Å². The second-order valence-electron chi connectivity index (χ2n) is 6.67. The first-order chi connectivity index (χ1) is 14.0. The Balaban J connectivity index is 1.39. The van der Waals surface area contributed by atoms with Crippen molar-refractivity contribution in [3.05, 3.63) is 63.5 Å². The van der Waals surface area contributed by atoms with Crippen LogP contribution >= 0.6 is 27.3 Å². The minimum Gasteiger partial charge on any atom is -0.459 e. The van der Waals surface area contributed by atoms with Gasteiger partial charge in [-0.2, -0.15) is 0 Å². The topological polar surface area (TPSA) is 78.7 Å². The molecule has 0 bridgehead atoms. The number of rotatable bonds is 4. The van der Waals surface area contributed by atoms with Gasteiger partial charge in [-0.1, -0.05) is 0 Å². The summed E-state index contributed by atoms with van der Waals surface area (Å²) in [6.07, 6.45) is 3.23. The van der Waals surface area contributed by atoms with Gasteiger partial charge in [-0.15, -0.1) is 11.3 Å². The van der Waals surface area contributed by atoms with E-state index in [-0.39, 0.29) is 17.6 Å². The van der Waals surface area contributed by atoms with Crippen LogP contribution in [0.1, 0.15) is 25.8 Å². The summed E-state index contributed by atoms with van der Waals surface area (Å²) < 4.78 is 6.05. The average molecular weight is 475 g/mol. The van der Waals surface area contributed by atoms with E-state index in [0.29, 0.717) is 23.0 Å². The van der Waals surface area contributed by atoms with Crippen LogP contribution in [0.3, 0.4) is 0 Å². The number of hydrogen-bond acceptors (Lipinski definition) is 6. The van der Waals surface area contributed by atoms with Gasteiger partial charge in [-0.25, -0.2) is 4.98 Å². The largest absolute Gasteiger partial charge is 0.459 e. The monoisotopic (exact) mass is 474 g/mol. The summed E-state index contributed by atoms with van der Waals surface area (Å²) in [6.45, 7) is 4.60. The highest BCUT2D eigenvalue weighted by molar-refractivity contribution is 9.10. The van der Waals surface area contributed by atoms with E-state index >= 15 is 0 Å². The molecule has 3 aromatic rings. The molecule has 9 heteroatoms. The van der Waals surface area contributed by atoms with Crippen molar-refractivity contribution in [1.82, 2.24) is 9.88 Å². The smallest absolute Gasteiger partial charge is 0.291 e. The third kappa shape index (κ3) is 4.35. The van der Waals surface area contributed by atoms with E-state index in [1.807, 2.05) is 30.0 Å². The normalized spacial score (nSPS) is 14.1. The number of amides is 2. The molecule has 0 saturated carbocycles. The van der Waals surface area contributed by atoms with Crippen LogP contribution in [0.4, 0.5) is 10.8 Å². The Hall–Kier alpha value is -2.65. The lowest BCUT2D eigenvalue weighted by atomic mass is 10.2. The van der Waals surface area contributed by atoms with Crippen molar-refractivity contribution in [2.24, 2.45) is 0 Å². The van der Waals surface area contributed by atoms with Gasteiger partial charge >= 0.3 is 0 Å². The summed E-state index contributed by atoms with van der Waals surface area (Å²) in [4.78, 5) is 34.3. The minimum absolute atomic E-state index is 0.00517. The maximum absolute atomic E-state index is 13.0. The maximum atomic E-state index is 13.0. The second-order valence-corrected chi connectivity index (χ2v) is 8.64. The molecule has 3 aromatic heterocycles. The Labute approximate surface area is 180 Å². The summed E-state index contributed by atoms with van der Waals surface area (Å²) in [6, 6.07) is 9.02. The van der Waals surface area contributed by atoms with Crippen LogP contribution in [0.25, 0.3) is 0 Å². The number of carbonyl (C=O) groups excluding carboxylic acids is 2. The molecule has 0 atom stereocenters. The number of hydrogen-bond donors (Lipinski definition) is 1. The number of pyridine rings is 1. The van der Waals surface area contributed by atoms with Gasteiger partial charge in [0.25, 0.3) is 11.8 Å². The number of nitrogens with zero attached hydrogens (tertiary/aromatic N) is 3. The first-order valence-corrected chi connectivity index (χ1v) is 10.7. The highest BCUT2D eigenvalue weighted by atomic mass is 79.9. The number of anilines is 2. The van der Waals surface area contributed by atoms with Crippen LogP contribution in [-0.2, 0) is 0 Å². The number of furan rings is 1. The molecule has 7 nitrogen and oxygen atoms in total. The molecular weight excluding hydrogens is 456 g/mol. The fourth-order valence-corrected chi connectivity index (χ4v) is 4.44. The van der Waals surface area contributed by atoms with Gasteiger partial charge in [0.15, 0.2) is 5.76 Å². The number of carbonyl (C=O) groups is 2. The van der Waals surface area contributed by atoms with E-state index in [0.717, 1.165) is 28.9 Å². The van der Waals surface area contributed by atoms with E-state index in [1.54, 1.807) is 18.3 Å². The molecule has 0 aliphatic carbocycles. The zero-order chi connectivity index (χ0) is 20.4. The molecule has 1 N–H and O–H groups in total. The average Bonchev–Trinajstić information content (AvgIpc) is 3.38. The first kappa shape index (κ1) is 19.7. The van der Waals surface area contributed by atoms with Crippen LogP contribution in [0.5, 0.6) is 0 Å². The number of nitrogens with one attached hydrogen (secondary N) is 1. The third-order valence-electron chi connectivity index (χ3n) is 4.70. The van der Waals surface area contributed by atoms with Crippen LogP contribution < -0.4 is 10.2 Å². The molecule has 0 radical (unpaired) electrons. The molecule has 1 aliphatic heterocycles. The molecule has 1 aliphatic rings. The van der Waals surface area contributed by atoms with Crippen LogP contribution in [-0.4, -0.2) is 47.9 Å². The SMILES string of the molecule is Cc1cc(NC(=O)c2ccco2)sc1C(=O)N1CCN(c2ccc(Br)cn2)CC1. The number of aryl methyl sites for hydroxylation is 1. The third-order valence-corrected chi connectivity index (χ3v) is 6.31. The fourth-order valence-electron chi connectivity index (χ4n) is 3.17. The molecule has 2 amide bonds. The summed E-state index contributed by atoms with van der Waals surface area (Å²) in [5.74, 6) is 0.817. The number of thiophene rings is 1. The highest BCUT2D eigenvalue weighted by Gasteiger charge is 2.25. The lowest BCUT2D eigenvalue weighted by Crippen LogP contribution is -2.49. The van der Waals surface area contributed by atoms with Crippen molar-refractivity contribution in [3.63, 3.8) is 0 Å². The summed E-state index contributed by atoms with van der Waals surface area (Å²) in [7, 11) is 0. The Morgan fingerprint density at radius 3 is 2.66 bits per heavy atom. The molecular formula is C20H19BrN4O3S. The van der Waals surface area contributed by atoms with E-state index in [1.165, 1.54) is 17.6 Å². The Bertz CT molecular complexity index is 1010. The lowest BCUT2D eigenvalue weighted by Gasteiger charge is -2.35. The zero-order valence-electron chi connectivity index (χ0n) is 15.7. The van der Waals surface area contributed by atoms with Gasteiger partial charge in [0.05, 0.1) is 16.1 Å². The van der Waals surface area contributed by atoms with Crippen molar-refractivity contribution in [3.8, 4) is 0 Å². The van der Waals surface area contributed by atoms with Gasteiger partial charge in [0, 0.05) is 36.8 Å². The van der Waals surface area contributed by atoms with Crippen molar-refractivity contribution < 1.29 is 14.0 Å². The van der Waals surface area contributed by atoms with Crippen molar-refractivity contribution in [2.45, 2.75) is 6.92 Å². The van der Waals surface area contributed by atoms with Crippen LogP contribution in [0, 0.1) is 6.92 Å². The Morgan fingerprint density at radius 2 is 2.00 bits per heavy atom. The predicted molar refractivity (Wildman–Crippen MR) is 116 cm³/mol. The summed E-state index contributed by atoms with van der Waals surface area (Å²) >= 11 is 4.68. The molecule has 4 heterocycles. The standard InChI is InChI=1S/C20H19BrN4O3S/c1-13-11-17(23-19(26)15-3-2-10-28-15)29-18(13)20(27)25-8-6-24(7-9-25)16-5-4-14(21)12-22-16/h2-5,10-12H,6-9H2,1H3,(H,23,26). The highest BCUT2D eigenvalue weighted by Crippen LogP contribution is 2.29. The summed E-state index contributed by atoms with van der Waals surface area (Å²) in [5, 5.41) is 3.42. The van der Waals surface area contributed by atoms with E-state index in [4.69, 9.17) is 4.42 Å². The molecule has 1 fully saturated rings. The predicted octanol–water partition coefficient (Wildman–Crippen LogP) is 4.02. The maximum Gasteiger partial charge on any atom is 0.291 e. The van der Waals surface area contributed by atoms with Crippen molar-refractivity contribution >= 4 is 49.9 Å². The quantitative estimate of drug-likeness (QED) is 0.617. The van der Waals surface area contributed by atoms with E-state index in [2.05, 4.69) is 31.1 Å². The van der Waals surface area contributed by atoms with Gasteiger partial charge in [-0.3, -0.25) is 9.59 Å².